The van der Waals surface area contributed by atoms with Gasteiger partial charge in [0.2, 0.25) is 0 Å². The normalized spacial score (nSPS) is 10.9. The van der Waals surface area contributed by atoms with E-state index in [0.717, 1.165) is 5.56 Å². The second kappa shape index (κ2) is 7.08. The van der Waals surface area contributed by atoms with Gasteiger partial charge in [-0.3, -0.25) is 0 Å². The predicted molar refractivity (Wildman–Crippen MR) is 104 cm³/mol. The number of fused-ring (bicyclic) bond motifs is 1. The molecule has 0 atom stereocenters. The molecule has 0 saturated carbocycles. The van der Waals surface area contributed by atoms with E-state index in [0.29, 0.717) is 34.6 Å². The smallest absolute Gasteiger partial charge is 0.340 e. The molecular formula is C22H16FNO4. The van der Waals surface area contributed by atoms with Crippen molar-refractivity contribution in [3.63, 3.8) is 0 Å². The number of ether oxygens (including phenoxy) is 1. The molecule has 6 heteroatoms. The Balaban J connectivity index is 1.78. The SMILES string of the molecule is Nc1cc2oc(-c3ccc(F)cc3)c(C(=O)O)c2cc1OCc1ccccc1. The van der Waals surface area contributed by atoms with Crippen LogP contribution in [0.3, 0.4) is 0 Å². The fourth-order valence-corrected chi connectivity index (χ4v) is 3.02. The number of benzene rings is 3. The molecule has 0 saturated heterocycles. The van der Waals surface area contributed by atoms with Crippen molar-refractivity contribution in [2.45, 2.75) is 6.61 Å². The van der Waals surface area contributed by atoms with Gasteiger partial charge in [0.15, 0.2) is 0 Å². The molecule has 0 amide bonds. The summed E-state index contributed by atoms with van der Waals surface area (Å²) >= 11 is 0. The first-order valence-electron chi connectivity index (χ1n) is 8.55. The zero-order valence-corrected chi connectivity index (χ0v) is 14.7. The van der Waals surface area contributed by atoms with Crippen LogP contribution in [0.25, 0.3) is 22.3 Å². The quantitative estimate of drug-likeness (QED) is 0.473. The van der Waals surface area contributed by atoms with Gasteiger partial charge in [0.05, 0.1) is 5.69 Å². The lowest BCUT2D eigenvalue weighted by Crippen LogP contribution is -2.00. The average Bonchev–Trinajstić information content (AvgIpc) is 3.06. The number of carbonyl (C=O) groups is 1. The third-order valence-corrected chi connectivity index (χ3v) is 4.38. The van der Waals surface area contributed by atoms with E-state index < -0.39 is 11.8 Å². The summed E-state index contributed by atoms with van der Waals surface area (Å²) in [5.41, 5.74) is 8.11. The number of anilines is 1. The van der Waals surface area contributed by atoms with E-state index in [-0.39, 0.29) is 11.3 Å². The van der Waals surface area contributed by atoms with E-state index >= 15 is 0 Å². The molecule has 0 bridgehead atoms. The van der Waals surface area contributed by atoms with E-state index in [1.165, 1.54) is 30.3 Å². The highest BCUT2D eigenvalue weighted by atomic mass is 19.1. The molecule has 140 valence electrons. The molecule has 4 aromatic rings. The van der Waals surface area contributed by atoms with Crippen LogP contribution < -0.4 is 10.5 Å². The van der Waals surface area contributed by atoms with Crippen molar-refractivity contribution < 1.29 is 23.4 Å². The van der Waals surface area contributed by atoms with Gasteiger partial charge in [0.1, 0.15) is 35.1 Å². The molecule has 0 radical (unpaired) electrons. The lowest BCUT2D eigenvalue weighted by atomic mass is 10.0. The van der Waals surface area contributed by atoms with Crippen molar-refractivity contribution in [3.05, 3.63) is 83.7 Å². The van der Waals surface area contributed by atoms with Crippen LogP contribution >= 0.6 is 0 Å². The summed E-state index contributed by atoms with van der Waals surface area (Å²) in [5, 5.41) is 10.1. The first-order valence-corrected chi connectivity index (χ1v) is 8.55. The van der Waals surface area contributed by atoms with E-state index in [4.69, 9.17) is 14.9 Å². The second-order valence-corrected chi connectivity index (χ2v) is 6.28. The van der Waals surface area contributed by atoms with Crippen LogP contribution in [-0.2, 0) is 6.61 Å². The molecule has 1 aromatic heterocycles. The molecule has 4 rings (SSSR count). The zero-order chi connectivity index (χ0) is 19.7. The third-order valence-electron chi connectivity index (χ3n) is 4.38. The summed E-state index contributed by atoms with van der Waals surface area (Å²) < 4.78 is 24.7. The molecule has 5 nitrogen and oxygen atoms in total. The number of aromatic carboxylic acids is 1. The van der Waals surface area contributed by atoms with Crippen molar-refractivity contribution in [1.29, 1.82) is 0 Å². The summed E-state index contributed by atoms with van der Waals surface area (Å²) in [6.45, 7) is 0.293. The number of nitrogens with two attached hydrogens (primary N) is 1. The molecular weight excluding hydrogens is 361 g/mol. The van der Waals surface area contributed by atoms with Crippen LogP contribution in [0.4, 0.5) is 10.1 Å². The Morgan fingerprint density at radius 1 is 1.07 bits per heavy atom. The van der Waals surface area contributed by atoms with E-state index in [9.17, 15) is 14.3 Å². The van der Waals surface area contributed by atoms with Gasteiger partial charge in [-0.15, -0.1) is 0 Å². The first kappa shape index (κ1) is 17.6. The van der Waals surface area contributed by atoms with E-state index in [2.05, 4.69) is 0 Å². The standard InChI is InChI=1S/C22H16FNO4/c23-15-8-6-14(7-9-15)21-20(22(25)26)16-10-19(17(24)11-18(16)28-21)27-12-13-4-2-1-3-5-13/h1-11H,12,24H2,(H,25,26). The van der Waals surface area contributed by atoms with Crippen molar-refractivity contribution in [2.75, 3.05) is 5.73 Å². The molecule has 0 unspecified atom stereocenters. The van der Waals surface area contributed by atoms with Gasteiger partial charge in [-0.1, -0.05) is 30.3 Å². The number of rotatable bonds is 5. The number of hydrogen-bond donors (Lipinski definition) is 2. The minimum absolute atomic E-state index is 0.0221. The molecule has 0 aliphatic rings. The van der Waals surface area contributed by atoms with Crippen LogP contribution in [0, 0.1) is 5.82 Å². The Kier molecular flexibility index (Phi) is 4.45. The molecule has 0 fully saturated rings. The van der Waals surface area contributed by atoms with Crippen LogP contribution in [0.15, 0.2) is 71.1 Å². The fourth-order valence-electron chi connectivity index (χ4n) is 3.02. The van der Waals surface area contributed by atoms with Crippen LogP contribution in [0.5, 0.6) is 5.75 Å². The van der Waals surface area contributed by atoms with Crippen molar-refractivity contribution in [3.8, 4) is 17.1 Å². The third kappa shape index (κ3) is 3.27. The Bertz CT molecular complexity index is 1150. The number of carboxylic acid groups (broad SMARTS) is 1. The van der Waals surface area contributed by atoms with Gasteiger partial charge in [0, 0.05) is 17.0 Å². The minimum atomic E-state index is -1.16. The Hall–Kier alpha value is -3.80. The lowest BCUT2D eigenvalue weighted by Gasteiger charge is -2.09. The van der Waals surface area contributed by atoms with Gasteiger partial charge < -0.3 is 20.0 Å². The summed E-state index contributed by atoms with van der Waals surface area (Å²) in [5.74, 6) is -1.07. The number of halogens is 1. The van der Waals surface area contributed by atoms with Crippen molar-refractivity contribution >= 4 is 22.6 Å². The lowest BCUT2D eigenvalue weighted by molar-refractivity contribution is 0.0699. The summed E-state index contributed by atoms with van der Waals surface area (Å²) in [7, 11) is 0. The van der Waals surface area contributed by atoms with Crippen molar-refractivity contribution in [1.82, 2.24) is 0 Å². The molecule has 1 heterocycles. The summed E-state index contributed by atoms with van der Waals surface area (Å²) in [6.07, 6.45) is 0. The molecule has 3 N–H and O–H groups in total. The second-order valence-electron chi connectivity index (χ2n) is 6.28. The van der Waals surface area contributed by atoms with Crippen LogP contribution in [0.1, 0.15) is 15.9 Å². The molecule has 28 heavy (non-hydrogen) atoms. The molecule has 3 aromatic carbocycles. The zero-order valence-electron chi connectivity index (χ0n) is 14.7. The summed E-state index contributed by atoms with van der Waals surface area (Å²) in [6, 6.07) is 18.1. The highest BCUT2D eigenvalue weighted by Gasteiger charge is 2.23. The molecule has 0 spiro atoms. The number of nitrogen functional groups attached to an aromatic ring is 1. The van der Waals surface area contributed by atoms with Crippen molar-refractivity contribution in [2.24, 2.45) is 0 Å². The van der Waals surface area contributed by atoms with Gasteiger partial charge in [-0.2, -0.15) is 0 Å². The summed E-state index contributed by atoms with van der Waals surface area (Å²) in [4.78, 5) is 11.9. The Morgan fingerprint density at radius 2 is 1.79 bits per heavy atom. The molecule has 0 aliphatic carbocycles. The fraction of sp³-hybridized carbons (Fsp3) is 0.0455. The van der Waals surface area contributed by atoms with E-state index in [1.54, 1.807) is 6.07 Å². The number of furan rings is 1. The number of carboxylic acids is 1. The van der Waals surface area contributed by atoms with Crippen LogP contribution in [0.2, 0.25) is 0 Å². The van der Waals surface area contributed by atoms with Gasteiger partial charge in [-0.05, 0) is 35.9 Å². The topological polar surface area (TPSA) is 85.7 Å². The minimum Gasteiger partial charge on any atom is -0.487 e. The predicted octanol–water partition coefficient (Wildman–Crippen LogP) is 5.10. The van der Waals surface area contributed by atoms with Crippen LogP contribution in [-0.4, -0.2) is 11.1 Å². The Labute approximate surface area is 159 Å². The first-order chi connectivity index (χ1) is 13.5. The highest BCUT2D eigenvalue weighted by Crippen LogP contribution is 2.38. The highest BCUT2D eigenvalue weighted by molar-refractivity contribution is 6.09. The average molecular weight is 377 g/mol. The maximum Gasteiger partial charge on any atom is 0.340 e. The van der Waals surface area contributed by atoms with Gasteiger partial charge >= 0.3 is 5.97 Å². The Morgan fingerprint density at radius 3 is 2.46 bits per heavy atom. The van der Waals surface area contributed by atoms with Gasteiger partial charge in [0.25, 0.3) is 0 Å². The number of hydrogen-bond acceptors (Lipinski definition) is 4. The maximum absolute atomic E-state index is 13.2. The largest absolute Gasteiger partial charge is 0.487 e. The monoisotopic (exact) mass is 377 g/mol. The van der Waals surface area contributed by atoms with Gasteiger partial charge in [-0.25, -0.2) is 9.18 Å². The van der Waals surface area contributed by atoms with E-state index in [1.807, 2.05) is 30.3 Å². The molecule has 0 aliphatic heterocycles. The maximum atomic E-state index is 13.2.